The van der Waals surface area contributed by atoms with Crippen LogP contribution in [0.5, 0.6) is 5.75 Å². The van der Waals surface area contributed by atoms with Crippen molar-refractivity contribution in [1.29, 1.82) is 0 Å². The molecule has 2 aromatic carbocycles. The van der Waals surface area contributed by atoms with Crippen LogP contribution in [-0.2, 0) is 13.2 Å². The first-order valence-corrected chi connectivity index (χ1v) is 7.72. The van der Waals surface area contributed by atoms with Crippen molar-refractivity contribution in [3.63, 3.8) is 0 Å². The zero-order valence-electron chi connectivity index (χ0n) is 11.3. The quantitative estimate of drug-likeness (QED) is 0.805. The number of hydrogen-bond acceptors (Lipinski definition) is 2. The molecule has 2 rings (SSSR count). The second kappa shape index (κ2) is 7.67. The molecule has 1 N–H and O–H groups in total. The normalized spacial score (nSPS) is 10.6. The first-order chi connectivity index (χ1) is 9.69. The third kappa shape index (κ3) is 4.51. The minimum atomic E-state index is 0.517. The van der Waals surface area contributed by atoms with Crippen LogP contribution >= 0.6 is 27.5 Å². The van der Waals surface area contributed by atoms with Gasteiger partial charge in [0.2, 0.25) is 0 Å². The SMILES string of the molecule is CCNCc1cc(OCc2cccc(Cl)c2)ccc1Br. The number of hydrogen-bond donors (Lipinski definition) is 1. The van der Waals surface area contributed by atoms with E-state index in [0.29, 0.717) is 6.61 Å². The van der Waals surface area contributed by atoms with Crippen molar-refractivity contribution in [2.24, 2.45) is 0 Å². The van der Waals surface area contributed by atoms with Crippen molar-refractivity contribution in [2.75, 3.05) is 6.54 Å². The molecule has 0 amide bonds. The van der Waals surface area contributed by atoms with E-state index in [-0.39, 0.29) is 0 Å². The molecule has 2 nitrogen and oxygen atoms in total. The summed E-state index contributed by atoms with van der Waals surface area (Å²) in [5, 5.41) is 4.04. The Morgan fingerprint density at radius 3 is 2.80 bits per heavy atom. The summed E-state index contributed by atoms with van der Waals surface area (Å²) in [6.45, 7) is 4.38. The highest BCUT2D eigenvalue weighted by molar-refractivity contribution is 9.10. The highest BCUT2D eigenvalue weighted by Crippen LogP contribution is 2.23. The molecule has 2 aromatic rings. The summed E-state index contributed by atoms with van der Waals surface area (Å²) in [5.41, 5.74) is 2.25. The zero-order valence-corrected chi connectivity index (χ0v) is 13.7. The average Bonchev–Trinajstić information content (AvgIpc) is 2.45. The Hall–Kier alpha value is -1.03. The summed E-state index contributed by atoms with van der Waals surface area (Å²) >= 11 is 9.51. The van der Waals surface area contributed by atoms with E-state index < -0.39 is 0 Å². The zero-order chi connectivity index (χ0) is 14.4. The monoisotopic (exact) mass is 353 g/mol. The van der Waals surface area contributed by atoms with Crippen LogP contribution in [0.15, 0.2) is 46.9 Å². The predicted molar refractivity (Wildman–Crippen MR) is 87.3 cm³/mol. The van der Waals surface area contributed by atoms with Crippen LogP contribution in [0.2, 0.25) is 5.02 Å². The minimum absolute atomic E-state index is 0.517. The van der Waals surface area contributed by atoms with Gasteiger partial charge in [0.25, 0.3) is 0 Å². The van der Waals surface area contributed by atoms with Crippen LogP contribution in [0.4, 0.5) is 0 Å². The van der Waals surface area contributed by atoms with E-state index in [1.807, 2.05) is 36.4 Å². The second-order valence-electron chi connectivity index (χ2n) is 4.45. The molecule has 0 bridgehead atoms. The maximum Gasteiger partial charge on any atom is 0.120 e. The number of rotatable bonds is 6. The molecule has 0 spiro atoms. The molecule has 0 unspecified atom stereocenters. The van der Waals surface area contributed by atoms with Gasteiger partial charge in [-0.15, -0.1) is 0 Å². The third-order valence-electron chi connectivity index (χ3n) is 2.88. The lowest BCUT2D eigenvalue weighted by molar-refractivity contribution is 0.306. The van der Waals surface area contributed by atoms with Crippen LogP contribution in [0, 0.1) is 0 Å². The maximum absolute atomic E-state index is 5.96. The highest BCUT2D eigenvalue weighted by Gasteiger charge is 2.03. The Morgan fingerprint density at radius 1 is 1.20 bits per heavy atom. The molecule has 0 aliphatic rings. The van der Waals surface area contributed by atoms with Gasteiger partial charge in [0.15, 0.2) is 0 Å². The topological polar surface area (TPSA) is 21.3 Å². The lowest BCUT2D eigenvalue weighted by atomic mass is 10.2. The Bertz CT molecular complexity index is 574. The summed E-state index contributed by atoms with van der Waals surface area (Å²) in [6, 6.07) is 13.7. The van der Waals surface area contributed by atoms with Gasteiger partial charge in [-0.05, 0) is 48.0 Å². The number of benzene rings is 2. The third-order valence-corrected chi connectivity index (χ3v) is 3.89. The fourth-order valence-electron chi connectivity index (χ4n) is 1.83. The van der Waals surface area contributed by atoms with Gasteiger partial charge in [-0.2, -0.15) is 0 Å². The molecule has 20 heavy (non-hydrogen) atoms. The fourth-order valence-corrected chi connectivity index (χ4v) is 2.43. The lowest BCUT2D eigenvalue weighted by Gasteiger charge is -2.10. The van der Waals surface area contributed by atoms with Gasteiger partial charge in [0, 0.05) is 16.0 Å². The molecule has 0 atom stereocenters. The van der Waals surface area contributed by atoms with E-state index in [1.54, 1.807) is 0 Å². The van der Waals surface area contributed by atoms with Gasteiger partial charge < -0.3 is 10.1 Å². The molecule has 0 saturated heterocycles. The van der Waals surface area contributed by atoms with E-state index in [4.69, 9.17) is 16.3 Å². The highest BCUT2D eigenvalue weighted by atomic mass is 79.9. The largest absolute Gasteiger partial charge is 0.489 e. The molecule has 106 valence electrons. The predicted octanol–water partition coefficient (Wildman–Crippen LogP) is 4.79. The molecule has 0 aromatic heterocycles. The van der Waals surface area contributed by atoms with Crippen molar-refractivity contribution >= 4 is 27.5 Å². The Balaban J connectivity index is 2.02. The van der Waals surface area contributed by atoms with Gasteiger partial charge >= 0.3 is 0 Å². The summed E-state index contributed by atoms with van der Waals surface area (Å²) in [6.07, 6.45) is 0. The van der Waals surface area contributed by atoms with Crippen LogP contribution in [0.3, 0.4) is 0 Å². The van der Waals surface area contributed by atoms with Crippen molar-refractivity contribution in [3.05, 3.63) is 63.1 Å². The lowest BCUT2D eigenvalue weighted by Crippen LogP contribution is -2.12. The molecular weight excluding hydrogens is 338 g/mol. The Labute approximate surface area is 133 Å². The average molecular weight is 355 g/mol. The molecule has 0 fully saturated rings. The van der Waals surface area contributed by atoms with Crippen molar-refractivity contribution in [1.82, 2.24) is 5.32 Å². The van der Waals surface area contributed by atoms with Crippen molar-refractivity contribution < 1.29 is 4.74 Å². The summed E-state index contributed by atoms with van der Waals surface area (Å²) < 4.78 is 6.91. The molecular formula is C16H17BrClNO. The minimum Gasteiger partial charge on any atom is -0.489 e. The Morgan fingerprint density at radius 2 is 2.05 bits per heavy atom. The summed E-state index contributed by atoms with van der Waals surface area (Å²) in [7, 11) is 0. The fraction of sp³-hybridized carbons (Fsp3) is 0.250. The first kappa shape index (κ1) is 15.4. The van der Waals surface area contributed by atoms with Gasteiger partial charge in [0.05, 0.1) is 0 Å². The molecule has 0 aliphatic carbocycles. The van der Waals surface area contributed by atoms with E-state index in [0.717, 1.165) is 33.9 Å². The summed E-state index contributed by atoms with van der Waals surface area (Å²) in [4.78, 5) is 0. The van der Waals surface area contributed by atoms with Crippen LogP contribution in [0.25, 0.3) is 0 Å². The second-order valence-corrected chi connectivity index (χ2v) is 5.74. The van der Waals surface area contributed by atoms with Crippen LogP contribution in [0.1, 0.15) is 18.1 Å². The summed E-state index contributed by atoms with van der Waals surface area (Å²) in [5.74, 6) is 0.862. The number of halogens is 2. The number of ether oxygens (including phenoxy) is 1. The van der Waals surface area contributed by atoms with Crippen LogP contribution < -0.4 is 10.1 Å². The molecule has 4 heteroatoms. The van der Waals surface area contributed by atoms with Gasteiger partial charge in [0.1, 0.15) is 12.4 Å². The van der Waals surface area contributed by atoms with Crippen molar-refractivity contribution in [3.8, 4) is 5.75 Å². The van der Waals surface area contributed by atoms with E-state index >= 15 is 0 Å². The molecule has 0 radical (unpaired) electrons. The maximum atomic E-state index is 5.96. The standard InChI is InChI=1S/C16H17BrClNO/c1-2-19-10-13-9-15(6-7-16(13)17)20-11-12-4-3-5-14(18)8-12/h3-9,19H,2,10-11H2,1H3. The number of nitrogens with one attached hydrogen (secondary N) is 1. The van der Waals surface area contributed by atoms with E-state index in [1.165, 1.54) is 5.56 Å². The van der Waals surface area contributed by atoms with Crippen LogP contribution in [-0.4, -0.2) is 6.54 Å². The smallest absolute Gasteiger partial charge is 0.120 e. The van der Waals surface area contributed by atoms with Crippen molar-refractivity contribution in [2.45, 2.75) is 20.1 Å². The van der Waals surface area contributed by atoms with E-state index in [9.17, 15) is 0 Å². The Kier molecular flexibility index (Phi) is 5.89. The molecule has 0 heterocycles. The van der Waals surface area contributed by atoms with Gasteiger partial charge in [-0.3, -0.25) is 0 Å². The van der Waals surface area contributed by atoms with Gasteiger partial charge in [-0.1, -0.05) is 46.6 Å². The van der Waals surface area contributed by atoms with E-state index in [2.05, 4.69) is 34.2 Å². The molecule has 0 saturated carbocycles. The molecule has 0 aliphatic heterocycles. The first-order valence-electron chi connectivity index (χ1n) is 6.55. The van der Waals surface area contributed by atoms with Gasteiger partial charge in [-0.25, -0.2) is 0 Å².